The van der Waals surface area contributed by atoms with Gasteiger partial charge in [-0.2, -0.15) is 5.10 Å². The molecule has 0 saturated heterocycles. The largest absolute Gasteiger partial charge is 0.507 e. The van der Waals surface area contributed by atoms with E-state index in [0.717, 1.165) is 18.6 Å². The summed E-state index contributed by atoms with van der Waals surface area (Å²) in [4.78, 5) is 12.4. The van der Waals surface area contributed by atoms with Gasteiger partial charge in [-0.3, -0.25) is 0 Å². The number of aromatic hydroxyl groups is 1. The molecular weight excluding hydrogens is 396 g/mol. The summed E-state index contributed by atoms with van der Waals surface area (Å²) in [5, 5.41) is 21.5. The first-order valence-corrected chi connectivity index (χ1v) is 10.3. The van der Waals surface area contributed by atoms with Gasteiger partial charge in [0.1, 0.15) is 29.9 Å². The van der Waals surface area contributed by atoms with E-state index in [1.165, 1.54) is 48.9 Å². The Labute approximate surface area is 181 Å². The second-order valence-corrected chi connectivity index (χ2v) is 6.98. The quantitative estimate of drug-likeness (QED) is 0.212. The second kappa shape index (κ2) is 11.5. The topological polar surface area (TPSA) is 98.8 Å². The molecule has 162 valence electrons. The molecule has 8 heteroatoms. The lowest BCUT2D eigenvalue weighted by Crippen LogP contribution is -2.08. The van der Waals surface area contributed by atoms with Crippen LogP contribution in [0.25, 0.3) is 0 Å². The molecule has 1 heterocycles. The zero-order valence-corrected chi connectivity index (χ0v) is 17.5. The molecule has 0 unspecified atom stereocenters. The third-order valence-corrected chi connectivity index (χ3v) is 4.56. The first kappa shape index (κ1) is 22.0. The highest BCUT2D eigenvalue weighted by Gasteiger charge is 2.10. The van der Waals surface area contributed by atoms with Crippen LogP contribution in [0.3, 0.4) is 0 Å². The molecule has 0 aliphatic carbocycles. The van der Waals surface area contributed by atoms with Crippen LogP contribution in [0.2, 0.25) is 0 Å². The van der Waals surface area contributed by atoms with Crippen LogP contribution in [-0.2, 0) is 0 Å². The minimum Gasteiger partial charge on any atom is -0.507 e. The van der Waals surface area contributed by atoms with Crippen molar-refractivity contribution in [3.8, 4) is 17.2 Å². The molecule has 0 radical (unpaired) electrons. The van der Waals surface area contributed by atoms with Crippen molar-refractivity contribution < 1.29 is 19.4 Å². The zero-order valence-electron chi connectivity index (χ0n) is 17.5. The maximum Gasteiger partial charge on any atom is 0.343 e. The van der Waals surface area contributed by atoms with Crippen molar-refractivity contribution in [2.45, 2.75) is 39.0 Å². The molecule has 31 heavy (non-hydrogen) atoms. The Morgan fingerprint density at radius 1 is 1.03 bits per heavy atom. The number of rotatable bonds is 11. The van der Waals surface area contributed by atoms with Gasteiger partial charge in [0.15, 0.2) is 0 Å². The molecule has 1 aromatic heterocycles. The molecule has 0 amide bonds. The molecule has 0 aliphatic rings. The summed E-state index contributed by atoms with van der Waals surface area (Å²) in [6.07, 6.45) is 10.2. The Bertz CT molecular complexity index is 985. The molecule has 0 bridgehead atoms. The highest BCUT2D eigenvalue weighted by atomic mass is 16.5. The van der Waals surface area contributed by atoms with Crippen LogP contribution in [0.5, 0.6) is 17.2 Å². The van der Waals surface area contributed by atoms with Gasteiger partial charge in [0.2, 0.25) is 0 Å². The Balaban J connectivity index is 1.51. The molecule has 2 aromatic carbocycles. The van der Waals surface area contributed by atoms with E-state index in [4.69, 9.17) is 9.47 Å². The molecule has 8 nitrogen and oxygen atoms in total. The Hall–Kier alpha value is -3.68. The molecule has 0 fully saturated rings. The standard InChI is InChI=1S/C23H26N4O4/c1-2-3-4-5-6-13-30-20-10-7-18(8-11-20)23(29)31-21-12-9-19(22(28)14-21)15-26-27-16-24-25-17-27/h7-12,14-17,28H,2-6,13H2,1H3/b26-15+. The number of unbranched alkanes of at least 4 members (excludes halogenated alkanes) is 4. The summed E-state index contributed by atoms with van der Waals surface area (Å²) in [5.41, 5.74) is 0.859. The maximum atomic E-state index is 12.4. The Kier molecular flexibility index (Phi) is 8.16. The van der Waals surface area contributed by atoms with Crippen LogP contribution in [0.4, 0.5) is 0 Å². The number of hydrogen-bond donors (Lipinski definition) is 1. The summed E-state index contributed by atoms with van der Waals surface area (Å²) in [6.45, 7) is 2.86. The van der Waals surface area contributed by atoms with Gasteiger partial charge in [-0.25, -0.2) is 9.47 Å². The van der Waals surface area contributed by atoms with Crippen LogP contribution < -0.4 is 9.47 Å². The average molecular weight is 422 g/mol. The van der Waals surface area contributed by atoms with E-state index in [1.807, 2.05) is 0 Å². The fourth-order valence-corrected chi connectivity index (χ4v) is 2.83. The Morgan fingerprint density at radius 2 is 1.74 bits per heavy atom. The molecular formula is C23H26N4O4. The number of phenolic OH excluding ortho intramolecular Hbond substituents is 1. The van der Waals surface area contributed by atoms with Crippen molar-refractivity contribution in [3.63, 3.8) is 0 Å². The predicted molar refractivity (Wildman–Crippen MR) is 117 cm³/mol. The van der Waals surface area contributed by atoms with Gasteiger partial charge >= 0.3 is 5.97 Å². The SMILES string of the molecule is CCCCCCCOc1ccc(C(=O)Oc2ccc(/C=N/n3cnnc3)c(O)c2)cc1. The lowest BCUT2D eigenvalue weighted by molar-refractivity contribution is 0.0734. The molecule has 3 rings (SSSR count). The molecule has 0 aliphatic heterocycles. The molecule has 0 saturated carbocycles. The third kappa shape index (κ3) is 6.95. The lowest BCUT2D eigenvalue weighted by atomic mass is 10.2. The van der Waals surface area contributed by atoms with Crippen molar-refractivity contribution >= 4 is 12.2 Å². The summed E-state index contributed by atoms with van der Waals surface area (Å²) in [6, 6.07) is 11.4. The van der Waals surface area contributed by atoms with Crippen molar-refractivity contribution in [3.05, 3.63) is 66.2 Å². The summed E-state index contributed by atoms with van der Waals surface area (Å²) < 4.78 is 12.5. The molecule has 1 N–H and O–H groups in total. The second-order valence-electron chi connectivity index (χ2n) is 6.98. The first-order valence-electron chi connectivity index (χ1n) is 10.3. The Morgan fingerprint density at radius 3 is 2.45 bits per heavy atom. The van der Waals surface area contributed by atoms with Gasteiger partial charge in [0.05, 0.1) is 18.4 Å². The number of carbonyl (C=O) groups is 1. The van der Waals surface area contributed by atoms with Crippen molar-refractivity contribution in [2.75, 3.05) is 6.61 Å². The number of carbonyl (C=O) groups excluding carboxylic acids is 1. The molecule has 0 spiro atoms. The molecule has 3 aromatic rings. The van der Waals surface area contributed by atoms with Gasteiger partial charge in [0.25, 0.3) is 0 Å². The first-order chi connectivity index (χ1) is 15.2. The van der Waals surface area contributed by atoms with Crippen LogP contribution >= 0.6 is 0 Å². The summed E-state index contributed by atoms with van der Waals surface area (Å²) in [7, 11) is 0. The smallest absolute Gasteiger partial charge is 0.343 e. The van der Waals surface area contributed by atoms with Crippen molar-refractivity contribution in [1.29, 1.82) is 0 Å². The third-order valence-electron chi connectivity index (χ3n) is 4.56. The number of esters is 1. The number of hydrogen-bond acceptors (Lipinski definition) is 7. The fourth-order valence-electron chi connectivity index (χ4n) is 2.83. The van der Waals surface area contributed by atoms with Gasteiger partial charge < -0.3 is 14.6 Å². The number of nitrogens with zero attached hydrogens (tertiary/aromatic N) is 4. The minimum atomic E-state index is -0.517. The number of aromatic nitrogens is 3. The number of benzene rings is 2. The summed E-state index contributed by atoms with van der Waals surface area (Å²) >= 11 is 0. The van der Waals surface area contributed by atoms with Gasteiger partial charge in [-0.1, -0.05) is 32.6 Å². The summed E-state index contributed by atoms with van der Waals surface area (Å²) in [5.74, 6) is 0.374. The lowest BCUT2D eigenvalue weighted by Gasteiger charge is -2.08. The van der Waals surface area contributed by atoms with E-state index in [1.54, 1.807) is 36.4 Å². The van der Waals surface area contributed by atoms with Gasteiger partial charge in [0, 0.05) is 11.6 Å². The zero-order chi connectivity index (χ0) is 21.9. The van der Waals surface area contributed by atoms with Crippen LogP contribution in [0.1, 0.15) is 54.9 Å². The normalized spacial score (nSPS) is 11.0. The maximum absolute atomic E-state index is 12.4. The number of ether oxygens (including phenoxy) is 2. The monoisotopic (exact) mass is 422 g/mol. The minimum absolute atomic E-state index is 0.0650. The predicted octanol–water partition coefficient (Wildman–Crippen LogP) is 4.43. The van der Waals surface area contributed by atoms with E-state index < -0.39 is 5.97 Å². The van der Waals surface area contributed by atoms with E-state index in [-0.39, 0.29) is 11.5 Å². The van der Waals surface area contributed by atoms with E-state index >= 15 is 0 Å². The van der Waals surface area contributed by atoms with E-state index in [9.17, 15) is 9.90 Å². The molecule has 0 atom stereocenters. The van der Waals surface area contributed by atoms with Crippen LogP contribution in [0, 0.1) is 0 Å². The average Bonchev–Trinajstić information content (AvgIpc) is 3.30. The highest BCUT2D eigenvalue weighted by Crippen LogP contribution is 2.23. The van der Waals surface area contributed by atoms with Crippen LogP contribution in [-0.4, -0.2) is 38.8 Å². The van der Waals surface area contributed by atoms with Gasteiger partial charge in [-0.05, 0) is 42.8 Å². The fraction of sp³-hybridized carbons (Fsp3) is 0.304. The number of phenols is 1. The van der Waals surface area contributed by atoms with E-state index in [0.29, 0.717) is 17.7 Å². The van der Waals surface area contributed by atoms with Crippen molar-refractivity contribution in [2.24, 2.45) is 5.10 Å². The highest BCUT2D eigenvalue weighted by molar-refractivity contribution is 5.91. The van der Waals surface area contributed by atoms with Gasteiger partial charge in [-0.15, -0.1) is 10.2 Å². The van der Waals surface area contributed by atoms with Crippen LogP contribution in [0.15, 0.2) is 60.2 Å². The van der Waals surface area contributed by atoms with Crippen molar-refractivity contribution in [1.82, 2.24) is 14.9 Å². The van der Waals surface area contributed by atoms with E-state index in [2.05, 4.69) is 22.2 Å².